The van der Waals surface area contributed by atoms with Crippen LogP contribution >= 0.6 is 11.3 Å². The van der Waals surface area contributed by atoms with E-state index in [4.69, 9.17) is 0 Å². The molecule has 0 spiro atoms. The van der Waals surface area contributed by atoms with Crippen molar-refractivity contribution in [1.82, 2.24) is 15.2 Å². The molecule has 1 atom stereocenters. The number of likely N-dealkylation sites (N-methyl/N-ethyl adjacent to an activating group) is 1. The summed E-state index contributed by atoms with van der Waals surface area (Å²) in [5, 5.41) is 3.89. The lowest BCUT2D eigenvalue weighted by Gasteiger charge is -2.30. The number of hydrogen-bond acceptors (Lipinski definition) is 4. The molecule has 5 heteroatoms. The summed E-state index contributed by atoms with van der Waals surface area (Å²) >= 11 is 1.59. The summed E-state index contributed by atoms with van der Waals surface area (Å²) in [5.74, 6) is -0.0951. The summed E-state index contributed by atoms with van der Waals surface area (Å²) in [6, 6.07) is 18.5. The smallest absolute Gasteiger partial charge is 0.244 e. The molecule has 3 aromatic rings. The third kappa shape index (κ3) is 5.02. The Kier molecular flexibility index (Phi) is 6.74. The molecule has 0 saturated carbocycles. The summed E-state index contributed by atoms with van der Waals surface area (Å²) in [6.07, 6.45) is 3.36. The average molecular weight is 380 g/mol. The molecule has 0 aliphatic rings. The molecule has 0 bridgehead atoms. The van der Waals surface area contributed by atoms with Gasteiger partial charge in [-0.15, -0.1) is 11.3 Å². The van der Waals surface area contributed by atoms with Crippen molar-refractivity contribution >= 4 is 33.5 Å². The standard InChI is InChI=1S/C22H25N3OS/c1-3-25(4-2)19(17-10-6-5-7-11-17)16-23-21(26)14-15-22-24-18-12-8-9-13-20(18)27-22/h5-15,19H,3-4,16H2,1-2H3,(H,23,26)/b15-14-/t19-/m0/s1. The molecular weight excluding hydrogens is 354 g/mol. The van der Waals surface area contributed by atoms with Crippen molar-refractivity contribution < 1.29 is 4.79 Å². The van der Waals surface area contributed by atoms with Gasteiger partial charge in [0, 0.05) is 12.6 Å². The molecule has 1 amide bonds. The van der Waals surface area contributed by atoms with Crippen LogP contribution in [0.3, 0.4) is 0 Å². The van der Waals surface area contributed by atoms with Crippen LogP contribution in [0.15, 0.2) is 60.7 Å². The summed E-state index contributed by atoms with van der Waals surface area (Å²) in [5.41, 5.74) is 2.19. The Morgan fingerprint density at radius 3 is 2.52 bits per heavy atom. The Balaban J connectivity index is 1.64. The highest BCUT2D eigenvalue weighted by Gasteiger charge is 2.18. The first-order valence-corrected chi connectivity index (χ1v) is 10.1. The van der Waals surface area contributed by atoms with E-state index < -0.39 is 0 Å². The van der Waals surface area contributed by atoms with Crippen molar-refractivity contribution in [2.24, 2.45) is 0 Å². The first kappa shape index (κ1) is 19.3. The molecule has 1 aromatic heterocycles. The number of amides is 1. The molecule has 1 heterocycles. The van der Waals surface area contributed by atoms with Crippen molar-refractivity contribution in [2.45, 2.75) is 19.9 Å². The van der Waals surface area contributed by atoms with Crippen molar-refractivity contribution in [3.63, 3.8) is 0 Å². The van der Waals surface area contributed by atoms with E-state index >= 15 is 0 Å². The largest absolute Gasteiger partial charge is 0.351 e. The lowest BCUT2D eigenvalue weighted by atomic mass is 10.1. The second-order valence-corrected chi connectivity index (χ2v) is 7.31. The molecule has 27 heavy (non-hydrogen) atoms. The van der Waals surface area contributed by atoms with Gasteiger partial charge in [-0.1, -0.05) is 56.3 Å². The van der Waals surface area contributed by atoms with Crippen molar-refractivity contribution in [3.8, 4) is 0 Å². The summed E-state index contributed by atoms with van der Waals surface area (Å²) < 4.78 is 1.13. The van der Waals surface area contributed by atoms with E-state index in [2.05, 4.69) is 41.2 Å². The zero-order valence-electron chi connectivity index (χ0n) is 15.8. The molecule has 0 aliphatic heterocycles. The Bertz CT molecular complexity index is 867. The van der Waals surface area contributed by atoms with Gasteiger partial charge in [-0.05, 0) is 36.9 Å². The van der Waals surface area contributed by atoms with Gasteiger partial charge >= 0.3 is 0 Å². The van der Waals surface area contributed by atoms with E-state index in [1.165, 1.54) is 5.56 Å². The lowest BCUT2D eigenvalue weighted by Crippen LogP contribution is -2.37. The molecule has 2 aromatic carbocycles. The molecule has 0 aliphatic carbocycles. The summed E-state index contributed by atoms with van der Waals surface area (Å²) in [7, 11) is 0. The maximum Gasteiger partial charge on any atom is 0.244 e. The molecule has 140 valence electrons. The van der Waals surface area contributed by atoms with Gasteiger partial charge in [0.2, 0.25) is 5.91 Å². The molecule has 1 N–H and O–H groups in total. The number of aromatic nitrogens is 1. The molecule has 0 radical (unpaired) electrons. The normalized spacial score (nSPS) is 12.7. The van der Waals surface area contributed by atoms with E-state index in [1.54, 1.807) is 23.5 Å². The van der Waals surface area contributed by atoms with Crippen LogP contribution in [-0.2, 0) is 4.79 Å². The Morgan fingerprint density at radius 2 is 1.81 bits per heavy atom. The molecule has 3 rings (SSSR count). The van der Waals surface area contributed by atoms with Gasteiger partial charge in [0.15, 0.2) is 0 Å². The van der Waals surface area contributed by atoms with Crippen LogP contribution < -0.4 is 5.32 Å². The van der Waals surface area contributed by atoms with Gasteiger partial charge in [-0.25, -0.2) is 4.98 Å². The number of nitrogens with zero attached hydrogens (tertiary/aromatic N) is 2. The van der Waals surface area contributed by atoms with Crippen molar-refractivity contribution in [2.75, 3.05) is 19.6 Å². The Hall–Kier alpha value is -2.50. The number of carbonyl (C=O) groups excluding carboxylic acids is 1. The van der Waals surface area contributed by atoms with Gasteiger partial charge in [0.05, 0.1) is 16.3 Å². The number of nitrogens with one attached hydrogen (secondary N) is 1. The molecular formula is C22H25N3OS. The van der Waals surface area contributed by atoms with Crippen LogP contribution in [0.1, 0.15) is 30.5 Å². The van der Waals surface area contributed by atoms with Gasteiger partial charge in [-0.3, -0.25) is 9.69 Å². The zero-order chi connectivity index (χ0) is 19.1. The van der Waals surface area contributed by atoms with Crippen molar-refractivity contribution in [1.29, 1.82) is 0 Å². The SMILES string of the molecule is CCN(CC)[C@@H](CNC(=O)/C=C\c1nc2ccccc2s1)c1ccccc1. The maximum atomic E-state index is 12.3. The Labute approximate surface area is 164 Å². The average Bonchev–Trinajstić information content (AvgIpc) is 3.13. The third-order valence-corrected chi connectivity index (χ3v) is 5.60. The molecule has 0 saturated heterocycles. The van der Waals surface area contributed by atoms with Gasteiger partial charge < -0.3 is 5.32 Å². The fourth-order valence-corrected chi connectivity index (χ4v) is 4.03. The first-order valence-electron chi connectivity index (χ1n) is 9.31. The molecule has 0 unspecified atom stereocenters. The quantitative estimate of drug-likeness (QED) is 0.586. The van der Waals surface area contributed by atoms with E-state index in [-0.39, 0.29) is 11.9 Å². The van der Waals surface area contributed by atoms with E-state index in [0.29, 0.717) is 6.54 Å². The monoisotopic (exact) mass is 379 g/mol. The van der Waals surface area contributed by atoms with E-state index in [1.807, 2.05) is 42.5 Å². The van der Waals surface area contributed by atoms with Gasteiger partial charge in [-0.2, -0.15) is 0 Å². The predicted molar refractivity (Wildman–Crippen MR) is 114 cm³/mol. The van der Waals surface area contributed by atoms with E-state index in [0.717, 1.165) is 28.3 Å². The molecule has 4 nitrogen and oxygen atoms in total. The molecule has 0 fully saturated rings. The van der Waals surface area contributed by atoms with Gasteiger partial charge in [0.1, 0.15) is 5.01 Å². The minimum atomic E-state index is -0.0951. The number of rotatable bonds is 8. The van der Waals surface area contributed by atoms with Gasteiger partial charge in [0.25, 0.3) is 0 Å². The van der Waals surface area contributed by atoms with Crippen LogP contribution in [0, 0.1) is 0 Å². The second-order valence-electron chi connectivity index (χ2n) is 6.25. The van der Waals surface area contributed by atoms with Crippen LogP contribution in [0.5, 0.6) is 0 Å². The number of fused-ring (bicyclic) bond motifs is 1. The highest BCUT2D eigenvalue weighted by molar-refractivity contribution is 7.19. The summed E-state index contributed by atoms with van der Waals surface area (Å²) in [6.45, 7) is 6.75. The zero-order valence-corrected chi connectivity index (χ0v) is 16.6. The fraction of sp³-hybridized carbons (Fsp3) is 0.273. The minimum Gasteiger partial charge on any atom is -0.351 e. The second kappa shape index (κ2) is 9.44. The van der Waals surface area contributed by atoms with Crippen LogP contribution in [0.25, 0.3) is 16.3 Å². The van der Waals surface area contributed by atoms with Crippen LogP contribution in [-0.4, -0.2) is 35.4 Å². The maximum absolute atomic E-state index is 12.3. The number of benzene rings is 2. The van der Waals surface area contributed by atoms with Crippen molar-refractivity contribution in [3.05, 3.63) is 71.2 Å². The predicted octanol–water partition coefficient (Wildman–Crippen LogP) is 4.51. The van der Waals surface area contributed by atoms with E-state index in [9.17, 15) is 4.79 Å². The van der Waals surface area contributed by atoms with Crippen LogP contribution in [0.2, 0.25) is 0 Å². The number of para-hydroxylation sites is 1. The first-order chi connectivity index (χ1) is 13.2. The minimum absolute atomic E-state index is 0.0951. The van der Waals surface area contributed by atoms with Crippen LogP contribution in [0.4, 0.5) is 0 Å². The summed E-state index contributed by atoms with van der Waals surface area (Å²) in [4.78, 5) is 19.2. The number of thiazole rings is 1. The highest BCUT2D eigenvalue weighted by Crippen LogP contribution is 2.22. The fourth-order valence-electron chi connectivity index (χ4n) is 3.16. The highest BCUT2D eigenvalue weighted by atomic mass is 32.1. The Morgan fingerprint density at radius 1 is 1.11 bits per heavy atom. The number of hydrogen-bond donors (Lipinski definition) is 1. The third-order valence-electron chi connectivity index (χ3n) is 4.59. The topological polar surface area (TPSA) is 45.2 Å². The number of carbonyl (C=O) groups is 1. The lowest BCUT2D eigenvalue weighted by molar-refractivity contribution is -0.116.